The van der Waals surface area contributed by atoms with Gasteiger partial charge in [-0.25, -0.2) is 4.79 Å². The van der Waals surface area contributed by atoms with Crippen molar-refractivity contribution in [3.8, 4) is 11.5 Å². The molecule has 6 nitrogen and oxygen atoms in total. The number of fused-ring (bicyclic) bond motifs is 2. The van der Waals surface area contributed by atoms with Crippen LogP contribution in [-0.2, 0) is 21.5 Å². The van der Waals surface area contributed by atoms with Crippen molar-refractivity contribution in [3.05, 3.63) is 35.4 Å². The summed E-state index contributed by atoms with van der Waals surface area (Å²) in [7, 11) is 3.21. The normalized spacial score (nSPS) is 21.9. The lowest BCUT2D eigenvalue weighted by atomic mass is 9.70. The minimum atomic E-state index is -0.557. The highest BCUT2D eigenvalue weighted by Gasteiger charge is 2.39. The van der Waals surface area contributed by atoms with E-state index in [1.165, 1.54) is 0 Å². The Bertz CT molecular complexity index is 808. The number of methoxy groups -OCH3 is 2. The number of hydrogen-bond donors (Lipinski definition) is 0. The number of benzene rings is 1. The molecule has 1 aromatic carbocycles. The Labute approximate surface area is 166 Å². The van der Waals surface area contributed by atoms with Crippen LogP contribution in [0.2, 0.25) is 0 Å². The van der Waals surface area contributed by atoms with Crippen LogP contribution in [-0.4, -0.2) is 43.1 Å². The van der Waals surface area contributed by atoms with E-state index in [4.69, 9.17) is 14.2 Å². The highest BCUT2D eigenvalue weighted by molar-refractivity contribution is 5.91. The van der Waals surface area contributed by atoms with Gasteiger partial charge in [-0.1, -0.05) is 6.08 Å². The minimum Gasteiger partial charge on any atom is -0.493 e. The van der Waals surface area contributed by atoms with Gasteiger partial charge in [-0.05, 0) is 62.9 Å². The lowest BCUT2D eigenvalue weighted by Crippen LogP contribution is -2.37. The van der Waals surface area contributed by atoms with Gasteiger partial charge < -0.3 is 19.1 Å². The molecule has 1 amide bonds. The number of nitrogens with zero attached hydrogens (tertiary/aromatic N) is 1. The zero-order chi connectivity index (χ0) is 20.5. The van der Waals surface area contributed by atoms with Gasteiger partial charge in [0.25, 0.3) is 0 Å². The monoisotopic (exact) mass is 387 g/mol. The lowest BCUT2D eigenvalue weighted by Gasteiger charge is -2.34. The summed E-state index contributed by atoms with van der Waals surface area (Å²) in [5, 5.41) is 0. The molecule has 1 atom stereocenters. The van der Waals surface area contributed by atoms with E-state index in [-0.39, 0.29) is 17.3 Å². The number of hydrogen-bond acceptors (Lipinski definition) is 5. The number of carbonyl (C=O) groups is 2. The molecule has 1 heterocycles. The van der Waals surface area contributed by atoms with Gasteiger partial charge in [0.2, 0.25) is 0 Å². The zero-order valence-corrected chi connectivity index (χ0v) is 17.3. The summed E-state index contributed by atoms with van der Waals surface area (Å²) in [6.07, 6.45) is 5.28. The summed E-state index contributed by atoms with van der Waals surface area (Å²) in [6.45, 7) is 6.56. The van der Waals surface area contributed by atoms with Gasteiger partial charge in [0.15, 0.2) is 17.3 Å². The van der Waals surface area contributed by atoms with Crippen LogP contribution in [0.4, 0.5) is 4.79 Å². The maximum Gasteiger partial charge on any atom is 0.410 e. The topological polar surface area (TPSA) is 65.1 Å². The molecule has 1 spiro atoms. The second-order valence-corrected chi connectivity index (χ2v) is 8.47. The van der Waals surface area contributed by atoms with Crippen molar-refractivity contribution < 1.29 is 23.8 Å². The molecule has 0 aromatic heterocycles. The van der Waals surface area contributed by atoms with E-state index in [0.717, 1.165) is 17.5 Å². The van der Waals surface area contributed by atoms with E-state index in [0.29, 0.717) is 37.4 Å². The number of carbonyl (C=O) groups excluding carboxylic acids is 2. The van der Waals surface area contributed by atoms with Gasteiger partial charge >= 0.3 is 6.09 Å². The Balaban J connectivity index is 2.06. The molecule has 0 saturated carbocycles. The van der Waals surface area contributed by atoms with Crippen molar-refractivity contribution in [1.29, 1.82) is 0 Å². The predicted octanol–water partition coefficient (Wildman–Crippen LogP) is 4.00. The molecule has 0 radical (unpaired) electrons. The first-order valence-electron chi connectivity index (χ1n) is 9.63. The molecule has 0 saturated heterocycles. The SMILES string of the molecule is COc1cc2c(cc1OC)C1(C=CC(=O)CC1)CCN(C(=O)OC(C)(C)C)C2. The molecule has 152 valence electrons. The molecular formula is C22H29NO5. The van der Waals surface area contributed by atoms with Crippen LogP contribution in [0, 0.1) is 0 Å². The summed E-state index contributed by atoms with van der Waals surface area (Å²) < 4.78 is 16.6. The van der Waals surface area contributed by atoms with E-state index in [9.17, 15) is 9.59 Å². The van der Waals surface area contributed by atoms with Crippen LogP contribution >= 0.6 is 0 Å². The van der Waals surface area contributed by atoms with Crippen LogP contribution in [0.3, 0.4) is 0 Å². The highest BCUT2D eigenvalue weighted by atomic mass is 16.6. The first-order valence-corrected chi connectivity index (χ1v) is 9.63. The molecule has 2 aliphatic rings. The van der Waals surface area contributed by atoms with Crippen molar-refractivity contribution >= 4 is 11.9 Å². The molecule has 1 aromatic rings. The van der Waals surface area contributed by atoms with Gasteiger partial charge in [-0.15, -0.1) is 0 Å². The smallest absolute Gasteiger partial charge is 0.410 e. The Morgan fingerprint density at radius 2 is 1.79 bits per heavy atom. The number of ketones is 1. The number of amides is 1. The van der Waals surface area contributed by atoms with Crippen molar-refractivity contribution in [2.45, 2.75) is 57.6 Å². The van der Waals surface area contributed by atoms with E-state index >= 15 is 0 Å². The van der Waals surface area contributed by atoms with Gasteiger partial charge in [-0.2, -0.15) is 0 Å². The van der Waals surface area contributed by atoms with Gasteiger partial charge in [-0.3, -0.25) is 4.79 Å². The first kappa shape index (κ1) is 20.2. The molecular weight excluding hydrogens is 358 g/mol. The fourth-order valence-corrected chi connectivity index (χ4v) is 3.95. The molecule has 0 fully saturated rings. The summed E-state index contributed by atoms with van der Waals surface area (Å²) in [6, 6.07) is 3.93. The van der Waals surface area contributed by atoms with E-state index in [2.05, 4.69) is 0 Å². The maximum atomic E-state index is 12.8. The highest BCUT2D eigenvalue weighted by Crippen LogP contribution is 2.45. The summed E-state index contributed by atoms with van der Waals surface area (Å²) in [5.74, 6) is 1.41. The Morgan fingerprint density at radius 1 is 1.11 bits per heavy atom. The van der Waals surface area contributed by atoms with Crippen molar-refractivity contribution in [2.24, 2.45) is 0 Å². The summed E-state index contributed by atoms with van der Waals surface area (Å²) in [4.78, 5) is 26.3. The van der Waals surface area contributed by atoms with Gasteiger partial charge in [0.05, 0.1) is 14.2 Å². The van der Waals surface area contributed by atoms with E-state index in [1.54, 1.807) is 25.2 Å². The second-order valence-electron chi connectivity index (χ2n) is 8.47. The number of rotatable bonds is 2. The maximum absolute atomic E-state index is 12.8. The number of ether oxygens (including phenoxy) is 3. The van der Waals surface area contributed by atoms with E-state index < -0.39 is 5.60 Å². The lowest BCUT2D eigenvalue weighted by molar-refractivity contribution is -0.115. The average Bonchev–Trinajstić information content (AvgIpc) is 2.79. The molecule has 0 N–H and O–H groups in total. The average molecular weight is 387 g/mol. The Kier molecular flexibility index (Phi) is 5.41. The molecule has 3 rings (SSSR count). The largest absolute Gasteiger partial charge is 0.493 e. The Morgan fingerprint density at radius 3 is 2.36 bits per heavy atom. The van der Waals surface area contributed by atoms with Crippen molar-refractivity contribution in [2.75, 3.05) is 20.8 Å². The van der Waals surface area contributed by atoms with Crippen LogP contribution < -0.4 is 9.47 Å². The standard InChI is InChI=1S/C22H29NO5/c1-21(2,3)28-20(25)23-11-10-22(8-6-16(24)7-9-22)17-13-19(27-5)18(26-4)12-15(17)14-23/h6,8,12-13H,7,9-11,14H2,1-5H3. The molecule has 0 bridgehead atoms. The van der Waals surface area contributed by atoms with Crippen LogP contribution in [0.15, 0.2) is 24.3 Å². The molecule has 1 unspecified atom stereocenters. The van der Waals surface area contributed by atoms with Crippen LogP contribution in [0.5, 0.6) is 11.5 Å². The Hall–Kier alpha value is -2.50. The number of allylic oxidation sites excluding steroid dienone is 2. The van der Waals surface area contributed by atoms with Gasteiger partial charge in [0, 0.05) is 24.9 Å². The summed E-state index contributed by atoms with van der Waals surface area (Å²) >= 11 is 0. The van der Waals surface area contributed by atoms with Crippen molar-refractivity contribution in [3.63, 3.8) is 0 Å². The molecule has 28 heavy (non-hydrogen) atoms. The van der Waals surface area contributed by atoms with Crippen LogP contribution in [0.25, 0.3) is 0 Å². The van der Waals surface area contributed by atoms with E-state index in [1.807, 2.05) is 39.0 Å². The predicted molar refractivity (Wildman–Crippen MR) is 106 cm³/mol. The van der Waals surface area contributed by atoms with Crippen LogP contribution in [0.1, 0.15) is 51.2 Å². The van der Waals surface area contributed by atoms with Crippen molar-refractivity contribution in [1.82, 2.24) is 4.90 Å². The van der Waals surface area contributed by atoms with Gasteiger partial charge in [0.1, 0.15) is 5.60 Å². The molecule has 1 aliphatic carbocycles. The molecule has 6 heteroatoms. The fourth-order valence-electron chi connectivity index (χ4n) is 3.95. The third kappa shape index (κ3) is 4.01. The minimum absolute atomic E-state index is 0.140. The zero-order valence-electron chi connectivity index (χ0n) is 17.3. The second kappa shape index (κ2) is 7.49. The quantitative estimate of drug-likeness (QED) is 0.767. The third-order valence-corrected chi connectivity index (χ3v) is 5.39. The fraction of sp³-hybridized carbons (Fsp3) is 0.545. The summed E-state index contributed by atoms with van der Waals surface area (Å²) in [5.41, 5.74) is 1.21. The first-order chi connectivity index (χ1) is 13.2. The molecule has 1 aliphatic heterocycles. The third-order valence-electron chi connectivity index (χ3n) is 5.39.